The molecular formula is C22H22N2O5. The summed E-state index contributed by atoms with van der Waals surface area (Å²) in [5.41, 5.74) is 2.48. The summed E-state index contributed by atoms with van der Waals surface area (Å²) in [6.45, 7) is 0.0987. The van der Waals surface area contributed by atoms with E-state index in [-0.39, 0.29) is 12.5 Å². The molecule has 0 saturated carbocycles. The highest BCUT2D eigenvalue weighted by atomic mass is 16.5. The lowest BCUT2D eigenvalue weighted by Gasteiger charge is -2.11. The first-order valence-corrected chi connectivity index (χ1v) is 9.11. The molecule has 2 aromatic carbocycles. The van der Waals surface area contributed by atoms with Crippen LogP contribution in [0.15, 0.2) is 59.7 Å². The van der Waals surface area contributed by atoms with Crippen LogP contribution in [0.4, 0.5) is 0 Å². The highest BCUT2D eigenvalue weighted by molar-refractivity contribution is 6.02. The SMILES string of the molecule is COc1cccc(/C=C/C(=O)OCC(=O)N2CCC(c3ccccc3)=N2)c1OC. The Balaban J connectivity index is 1.55. The fraction of sp³-hybridized carbons (Fsp3) is 0.227. The summed E-state index contributed by atoms with van der Waals surface area (Å²) in [5.74, 6) is 0.0700. The van der Waals surface area contributed by atoms with Crippen LogP contribution < -0.4 is 9.47 Å². The summed E-state index contributed by atoms with van der Waals surface area (Å²) >= 11 is 0. The molecule has 0 unspecified atom stereocenters. The van der Waals surface area contributed by atoms with Gasteiger partial charge >= 0.3 is 5.97 Å². The van der Waals surface area contributed by atoms with Crippen LogP contribution in [0, 0.1) is 0 Å². The maximum Gasteiger partial charge on any atom is 0.331 e. The minimum Gasteiger partial charge on any atom is -0.493 e. The van der Waals surface area contributed by atoms with E-state index >= 15 is 0 Å². The van der Waals surface area contributed by atoms with Gasteiger partial charge in [0.25, 0.3) is 5.91 Å². The van der Waals surface area contributed by atoms with E-state index in [1.165, 1.54) is 25.3 Å². The molecule has 29 heavy (non-hydrogen) atoms. The molecule has 1 heterocycles. The van der Waals surface area contributed by atoms with Crippen LogP contribution >= 0.6 is 0 Å². The molecule has 0 fully saturated rings. The van der Waals surface area contributed by atoms with E-state index < -0.39 is 5.97 Å². The lowest BCUT2D eigenvalue weighted by molar-refractivity contribution is -0.147. The van der Waals surface area contributed by atoms with Crippen molar-refractivity contribution in [2.24, 2.45) is 5.10 Å². The van der Waals surface area contributed by atoms with Crippen LogP contribution in [0.3, 0.4) is 0 Å². The molecule has 7 heteroatoms. The van der Waals surface area contributed by atoms with Crippen LogP contribution in [0.25, 0.3) is 6.08 Å². The molecule has 0 radical (unpaired) electrons. The zero-order chi connectivity index (χ0) is 20.6. The first kappa shape index (κ1) is 20.1. The number of benzene rings is 2. The maximum absolute atomic E-state index is 12.3. The topological polar surface area (TPSA) is 77.4 Å². The molecule has 1 amide bonds. The molecule has 0 aliphatic carbocycles. The van der Waals surface area contributed by atoms with Crippen LogP contribution in [0.1, 0.15) is 17.5 Å². The van der Waals surface area contributed by atoms with Crippen molar-refractivity contribution in [3.8, 4) is 11.5 Å². The van der Waals surface area contributed by atoms with Gasteiger partial charge in [0.2, 0.25) is 0 Å². The van der Waals surface area contributed by atoms with Gasteiger partial charge in [0.15, 0.2) is 18.1 Å². The normalized spacial score (nSPS) is 13.3. The van der Waals surface area contributed by atoms with Crippen molar-refractivity contribution in [2.75, 3.05) is 27.4 Å². The first-order valence-electron chi connectivity index (χ1n) is 9.11. The van der Waals surface area contributed by atoms with Crippen molar-refractivity contribution in [1.29, 1.82) is 0 Å². The molecule has 7 nitrogen and oxygen atoms in total. The second-order valence-corrected chi connectivity index (χ2v) is 6.20. The number of hydrogen-bond donors (Lipinski definition) is 0. The van der Waals surface area contributed by atoms with E-state index in [2.05, 4.69) is 5.10 Å². The fourth-order valence-electron chi connectivity index (χ4n) is 2.93. The van der Waals surface area contributed by atoms with E-state index in [0.717, 1.165) is 11.3 Å². The van der Waals surface area contributed by atoms with Gasteiger partial charge in [-0.05, 0) is 17.7 Å². The fourth-order valence-corrected chi connectivity index (χ4v) is 2.93. The number of carbonyl (C=O) groups excluding carboxylic acids is 2. The number of para-hydroxylation sites is 1. The highest BCUT2D eigenvalue weighted by Gasteiger charge is 2.22. The molecule has 0 aromatic heterocycles. The molecule has 3 rings (SSSR count). The second kappa shape index (κ2) is 9.54. The molecule has 0 atom stereocenters. The Bertz CT molecular complexity index is 937. The molecule has 0 bridgehead atoms. The third-order valence-corrected chi connectivity index (χ3v) is 4.37. The number of methoxy groups -OCH3 is 2. The van der Waals surface area contributed by atoms with Crippen molar-refractivity contribution >= 4 is 23.7 Å². The van der Waals surface area contributed by atoms with Crippen molar-refractivity contribution in [1.82, 2.24) is 5.01 Å². The highest BCUT2D eigenvalue weighted by Crippen LogP contribution is 2.31. The smallest absolute Gasteiger partial charge is 0.331 e. The van der Waals surface area contributed by atoms with Gasteiger partial charge in [-0.15, -0.1) is 0 Å². The van der Waals surface area contributed by atoms with Gasteiger partial charge in [-0.25, -0.2) is 9.80 Å². The van der Waals surface area contributed by atoms with Gasteiger partial charge < -0.3 is 14.2 Å². The third kappa shape index (κ3) is 5.01. The molecule has 0 N–H and O–H groups in total. The van der Waals surface area contributed by atoms with Gasteiger partial charge in [0.05, 0.1) is 26.5 Å². The molecule has 1 aliphatic heterocycles. The Morgan fingerprint density at radius 1 is 1.07 bits per heavy atom. The van der Waals surface area contributed by atoms with E-state index in [4.69, 9.17) is 14.2 Å². The Kier molecular flexibility index (Phi) is 6.63. The van der Waals surface area contributed by atoms with Crippen LogP contribution in [0.5, 0.6) is 11.5 Å². The predicted octanol–water partition coefficient (Wildman–Crippen LogP) is 2.90. The van der Waals surface area contributed by atoms with E-state index in [1.54, 1.807) is 24.3 Å². The standard InChI is InChI=1S/C22H22N2O5/c1-27-19-10-6-9-17(22(19)28-2)11-12-21(26)29-15-20(25)24-14-13-18(23-24)16-7-4-3-5-8-16/h3-12H,13-15H2,1-2H3/b12-11+. The van der Waals surface area contributed by atoms with Gasteiger partial charge in [0, 0.05) is 18.1 Å². The summed E-state index contributed by atoms with van der Waals surface area (Å²) in [5, 5.41) is 5.67. The number of ether oxygens (including phenoxy) is 3. The van der Waals surface area contributed by atoms with E-state index in [0.29, 0.717) is 30.0 Å². The Labute approximate surface area is 169 Å². The third-order valence-electron chi connectivity index (χ3n) is 4.37. The minimum atomic E-state index is -0.630. The number of hydrazone groups is 1. The van der Waals surface area contributed by atoms with Gasteiger partial charge in [0.1, 0.15) is 0 Å². The minimum absolute atomic E-state index is 0.364. The van der Waals surface area contributed by atoms with Crippen LogP contribution in [-0.4, -0.2) is 50.0 Å². The van der Waals surface area contributed by atoms with E-state index in [9.17, 15) is 9.59 Å². The lowest BCUT2D eigenvalue weighted by atomic mass is 10.1. The summed E-state index contributed by atoms with van der Waals surface area (Å²) in [6.07, 6.45) is 3.46. The number of rotatable bonds is 7. The first-order chi connectivity index (χ1) is 14.1. The lowest BCUT2D eigenvalue weighted by Crippen LogP contribution is -2.28. The largest absolute Gasteiger partial charge is 0.493 e. The molecule has 0 spiro atoms. The molecule has 1 aliphatic rings. The number of nitrogens with zero attached hydrogens (tertiary/aromatic N) is 2. The summed E-state index contributed by atoms with van der Waals surface area (Å²) in [7, 11) is 3.06. The maximum atomic E-state index is 12.3. The molecule has 2 aromatic rings. The molecule has 0 saturated heterocycles. The number of carbonyl (C=O) groups is 2. The summed E-state index contributed by atoms with van der Waals surface area (Å²) in [4.78, 5) is 24.3. The number of hydrogen-bond acceptors (Lipinski definition) is 6. The average molecular weight is 394 g/mol. The monoisotopic (exact) mass is 394 g/mol. The van der Waals surface area contributed by atoms with Crippen LogP contribution in [-0.2, 0) is 14.3 Å². The molecule has 150 valence electrons. The average Bonchev–Trinajstić information content (AvgIpc) is 3.26. The quantitative estimate of drug-likeness (QED) is 0.533. The van der Waals surface area contributed by atoms with Crippen molar-refractivity contribution in [2.45, 2.75) is 6.42 Å². The zero-order valence-corrected chi connectivity index (χ0v) is 16.3. The Morgan fingerprint density at radius 2 is 1.86 bits per heavy atom. The Hall–Kier alpha value is -3.61. The summed E-state index contributed by atoms with van der Waals surface area (Å²) < 4.78 is 15.6. The van der Waals surface area contributed by atoms with Crippen molar-refractivity contribution in [3.63, 3.8) is 0 Å². The molecular weight excluding hydrogens is 372 g/mol. The van der Waals surface area contributed by atoms with Crippen LogP contribution in [0.2, 0.25) is 0 Å². The predicted molar refractivity (Wildman–Crippen MR) is 109 cm³/mol. The number of esters is 1. The second-order valence-electron chi connectivity index (χ2n) is 6.20. The van der Waals surface area contributed by atoms with E-state index in [1.807, 2.05) is 30.3 Å². The van der Waals surface area contributed by atoms with Crippen molar-refractivity contribution in [3.05, 3.63) is 65.7 Å². The van der Waals surface area contributed by atoms with Gasteiger partial charge in [-0.3, -0.25) is 4.79 Å². The van der Waals surface area contributed by atoms with Gasteiger partial charge in [-0.2, -0.15) is 5.10 Å². The number of amides is 1. The van der Waals surface area contributed by atoms with Crippen molar-refractivity contribution < 1.29 is 23.8 Å². The summed E-state index contributed by atoms with van der Waals surface area (Å²) in [6, 6.07) is 15.0. The zero-order valence-electron chi connectivity index (χ0n) is 16.3. The Morgan fingerprint density at radius 3 is 2.59 bits per heavy atom. The van der Waals surface area contributed by atoms with Gasteiger partial charge in [-0.1, -0.05) is 42.5 Å².